The lowest BCUT2D eigenvalue weighted by Gasteiger charge is -2.28. The maximum Gasteiger partial charge on any atom is 0.405 e. The van der Waals surface area contributed by atoms with Crippen molar-refractivity contribution in [2.24, 2.45) is 0 Å². The van der Waals surface area contributed by atoms with E-state index in [1.165, 1.54) is 0 Å². The summed E-state index contributed by atoms with van der Waals surface area (Å²) in [6.07, 6.45) is -2.30. The number of alkyl halides is 3. The first-order valence-corrected chi connectivity index (χ1v) is 5.57. The molecule has 1 fully saturated rings. The molecule has 0 aromatic rings. The van der Waals surface area contributed by atoms with Crippen molar-refractivity contribution in [1.82, 2.24) is 10.6 Å². The van der Waals surface area contributed by atoms with Crippen molar-refractivity contribution in [2.75, 3.05) is 6.54 Å². The fraction of sp³-hybridized carbons (Fsp3) is 0.800. The summed E-state index contributed by atoms with van der Waals surface area (Å²) < 4.78 is 35.7. The van der Waals surface area contributed by atoms with E-state index in [-0.39, 0.29) is 6.42 Å². The summed E-state index contributed by atoms with van der Waals surface area (Å²) in [4.78, 5) is 22.0. The van der Waals surface area contributed by atoms with E-state index in [2.05, 4.69) is 5.32 Å². The van der Waals surface area contributed by atoms with Gasteiger partial charge in [0, 0.05) is 0 Å². The highest BCUT2D eigenvalue weighted by atomic mass is 19.4. The van der Waals surface area contributed by atoms with Crippen molar-refractivity contribution < 1.29 is 27.9 Å². The predicted molar refractivity (Wildman–Crippen MR) is 56.0 cm³/mol. The van der Waals surface area contributed by atoms with Gasteiger partial charge in [-0.15, -0.1) is 0 Å². The van der Waals surface area contributed by atoms with Crippen LogP contribution in [0.4, 0.5) is 18.0 Å². The highest BCUT2D eigenvalue weighted by molar-refractivity contribution is 5.76. The van der Waals surface area contributed by atoms with Gasteiger partial charge in [0.05, 0.1) is 12.0 Å². The van der Waals surface area contributed by atoms with Gasteiger partial charge in [0.1, 0.15) is 6.54 Å². The Kier molecular flexibility index (Phi) is 4.42. The number of nitrogens with one attached hydrogen (secondary N) is 2. The molecule has 0 saturated heterocycles. The van der Waals surface area contributed by atoms with Crippen LogP contribution < -0.4 is 10.6 Å². The van der Waals surface area contributed by atoms with Crippen LogP contribution >= 0.6 is 0 Å². The van der Waals surface area contributed by atoms with Gasteiger partial charge in [0.25, 0.3) is 0 Å². The van der Waals surface area contributed by atoms with E-state index in [4.69, 9.17) is 5.11 Å². The molecule has 0 heterocycles. The predicted octanol–water partition coefficient (Wildman–Crippen LogP) is 1.64. The number of aliphatic carboxylic acids is 1. The summed E-state index contributed by atoms with van der Waals surface area (Å²) in [5, 5.41) is 12.8. The molecule has 0 radical (unpaired) electrons. The third-order valence-electron chi connectivity index (χ3n) is 2.88. The van der Waals surface area contributed by atoms with Crippen LogP contribution in [0.5, 0.6) is 0 Å². The van der Waals surface area contributed by atoms with Gasteiger partial charge in [0.2, 0.25) is 0 Å². The van der Waals surface area contributed by atoms with E-state index in [0.717, 1.165) is 12.8 Å². The molecule has 1 saturated carbocycles. The zero-order valence-electron chi connectivity index (χ0n) is 9.64. The largest absolute Gasteiger partial charge is 0.481 e. The molecule has 5 nitrogen and oxygen atoms in total. The number of halogens is 3. The van der Waals surface area contributed by atoms with Gasteiger partial charge in [-0.3, -0.25) is 4.79 Å². The molecule has 2 amide bonds. The Labute approximate surface area is 102 Å². The summed E-state index contributed by atoms with van der Waals surface area (Å²) in [5.41, 5.74) is -0.915. The summed E-state index contributed by atoms with van der Waals surface area (Å²) in [5.74, 6) is -1.08. The Bertz CT molecular complexity index is 325. The van der Waals surface area contributed by atoms with Crippen molar-refractivity contribution in [2.45, 2.75) is 43.8 Å². The second kappa shape index (κ2) is 5.45. The van der Waals surface area contributed by atoms with E-state index in [0.29, 0.717) is 12.8 Å². The van der Waals surface area contributed by atoms with Crippen LogP contribution in [-0.2, 0) is 4.79 Å². The molecule has 1 aliphatic carbocycles. The molecule has 1 rings (SSSR count). The van der Waals surface area contributed by atoms with Crippen LogP contribution in [0.1, 0.15) is 32.1 Å². The third kappa shape index (κ3) is 4.80. The Balaban J connectivity index is 2.51. The van der Waals surface area contributed by atoms with Gasteiger partial charge in [-0.25, -0.2) is 4.79 Å². The lowest BCUT2D eigenvalue weighted by atomic mass is 9.93. The molecule has 0 bridgehead atoms. The molecule has 0 aliphatic heterocycles. The van der Waals surface area contributed by atoms with Crippen LogP contribution in [0.15, 0.2) is 0 Å². The van der Waals surface area contributed by atoms with Gasteiger partial charge in [-0.1, -0.05) is 12.8 Å². The van der Waals surface area contributed by atoms with Crippen molar-refractivity contribution in [3.63, 3.8) is 0 Å². The minimum absolute atomic E-state index is 0.271. The first-order chi connectivity index (χ1) is 8.22. The number of carbonyl (C=O) groups excluding carboxylic acids is 1. The molecule has 18 heavy (non-hydrogen) atoms. The number of hydrogen-bond acceptors (Lipinski definition) is 2. The Hall–Kier alpha value is -1.47. The monoisotopic (exact) mass is 268 g/mol. The van der Waals surface area contributed by atoms with Crippen molar-refractivity contribution in [3.05, 3.63) is 0 Å². The second-order valence-corrected chi connectivity index (χ2v) is 4.48. The van der Waals surface area contributed by atoms with Gasteiger partial charge in [-0.05, 0) is 12.8 Å². The van der Waals surface area contributed by atoms with E-state index >= 15 is 0 Å². The Morgan fingerprint density at radius 3 is 2.22 bits per heavy atom. The minimum Gasteiger partial charge on any atom is -0.481 e. The van der Waals surface area contributed by atoms with E-state index in [9.17, 15) is 22.8 Å². The normalized spacial score (nSPS) is 18.4. The average Bonchev–Trinajstić information content (AvgIpc) is 2.61. The summed E-state index contributed by atoms with van der Waals surface area (Å²) in [6.45, 7) is -1.43. The Morgan fingerprint density at radius 2 is 1.78 bits per heavy atom. The summed E-state index contributed by atoms with van der Waals surface area (Å²) in [6, 6.07) is -0.976. The quantitative estimate of drug-likeness (QED) is 0.725. The SMILES string of the molecule is O=C(O)CC1(NC(=O)NCC(F)(F)F)CCCC1. The fourth-order valence-corrected chi connectivity index (χ4v) is 2.15. The molecule has 104 valence electrons. The molecule has 0 aromatic carbocycles. The topological polar surface area (TPSA) is 78.4 Å². The van der Waals surface area contributed by atoms with Crippen LogP contribution in [0.2, 0.25) is 0 Å². The Morgan fingerprint density at radius 1 is 1.22 bits per heavy atom. The number of carboxylic acid groups (broad SMARTS) is 1. The molecule has 3 N–H and O–H groups in total. The van der Waals surface area contributed by atoms with Crippen LogP contribution in [0, 0.1) is 0 Å². The molecule has 8 heteroatoms. The number of rotatable bonds is 4. The second-order valence-electron chi connectivity index (χ2n) is 4.48. The number of urea groups is 1. The lowest BCUT2D eigenvalue weighted by Crippen LogP contribution is -2.52. The summed E-state index contributed by atoms with van der Waals surface area (Å²) >= 11 is 0. The average molecular weight is 268 g/mol. The molecule has 0 unspecified atom stereocenters. The van der Waals surface area contributed by atoms with Crippen molar-refractivity contribution in [3.8, 4) is 0 Å². The highest BCUT2D eigenvalue weighted by Crippen LogP contribution is 2.32. The molecule has 0 atom stereocenters. The number of amides is 2. The van der Waals surface area contributed by atoms with Gasteiger partial charge in [-0.2, -0.15) is 13.2 Å². The zero-order chi connectivity index (χ0) is 13.8. The minimum atomic E-state index is -4.48. The van der Waals surface area contributed by atoms with E-state index in [1.54, 1.807) is 5.32 Å². The maximum absolute atomic E-state index is 11.9. The molecule has 1 aliphatic rings. The van der Waals surface area contributed by atoms with E-state index in [1.807, 2.05) is 0 Å². The molecular formula is C10H15F3N2O3. The summed E-state index contributed by atoms with van der Waals surface area (Å²) in [7, 11) is 0. The first kappa shape index (κ1) is 14.6. The van der Waals surface area contributed by atoms with E-state index < -0.39 is 30.3 Å². The van der Waals surface area contributed by atoms with Gasteiger partial charge in [0.15, 0.2) is 0 Å². The molecule has 0 spiro atoms. The lowest BCUT2D eigenvalue weighted by molar-refractivity contribution is -0.138. The maximum atomic E-state index is 11.9. The van der Waals surface area contributed by atoms with Gasteiger partial charge < -0.3 is 15.7 Å². The zero-order valence-corrected chi connectivity index (χ0v) is 9.64. The van der Waals surface area contributed by atoms with Crippen molar-refractivity contribution in [1.29, 1.82) is 0 Å². The standard InChI is InChI=1S/C10H15F3N2O3/c11-10(12,13)6-14-8(18)15-9(5-7(16)17)3-1-2-4-9/h1-6H2,(H,16,17)(H2,14,15,18). The molecular weight excluding hydrogens is 253 g/mol. The van der Waals surface area contributed by atoms with Crippen LogP contribution in [-0.4, -0.2) is 35.4 Å². The number of hydrogen-bond donors (Lipinski definition) is 3. The number of carboxylic acids is 1. The van der Waals surface area contributed by atoms with Gasteiger partial charge >= 0.3 is 18.2 Å². The highest BCUT2D eigenvalue weighted by Gasteiger charge is 2.38. The first-order valence-electron chi connectivity index (χ1n) is 5.57. The van der Waals surface area contributed by atoms with Crippen LogP contribution in [0.25, 0.3) is 0 Å². The van der Waals surface area contributed by atoms with Crippen molar-refractivity contribution >= 4 is 12.0 Å². The fourth-order valence-electron chi connectivity index (χ4n) is 2.15. The smallest absolute Gasteiger partial charge is 0.405 e. The third-order valence-corrected chi connectivity index (χ3v) is 2.88. The van der Waals surface area contributed by atoms with Crippen LogP contribution in [0.3, 0.4) is 0 Å². The number of carbonyl (C=O) groups is 2. The molecule has 0 aromatic heterocycles.